The monoisotopic (exact) mass is 899 g/mol. The van der Waals surface area contributed by atoms with Crippen LogP contribution in [0.3, 0.4) is 0 Å². The average molecular weight is 901 g/mol. The maximum Gasteiger partial charge on any atom is 0.433 e. The second-order valence-electron chi connectivity index (χ2n) is 15.0. The fourth-order valence-corrected chi connectivity index (χ4v) is 10.2. The zero-order valence-electron chi connectivity index (χ0n) is 32.6. The van der Waals surface area contributed by atoms with Crippen LogP contribution in [-0.4, -0.2) is 72.1 Å². The Kier molecular flexibility index (Phi) is 10.6. The third-order valence-corrected chi connectivity index (χ3v) is 13.0. The quantitative estimate of drug-likeness (QED) is 0.125. The number of carbonyl (C=O) groups excluding carboxylic acids is 4. The number of allylic oxidation sites excluding steroid dienone is 2. The number of ether oxygens (including phenoxy) is 3. The first-order valence-corrected chi connectivity index (χ1v) is 19.9. The summed E-state index contributed by atoms with van der Waals surface area (Å²) < 4.78 is 58.1. The number of carbonyl (C=O) groups is 4. The molecule has 318 valence electrons. The minimum atomic E-state index is -4.86. The molecule has 61 heavy (non-hydrogen) atoms. The number of pyridine rings is 1. The van der Waals surface area contributed by atoms with E-state index in [1.54, 1.807) is 30.3 Å². The summed E-state index contributed by atoms with van der Waals surface area (Å²) in [6.07, 6.45) is -3.35. The van der Waals surface area contributed by atoms with E-state index in [2.05, 4.69) is 10.4 Å². The van der Waals surface area contributed by atoms with E-state index in [0.29, 0.717) is 28.0 Å². The van der Waals surface area contributed by atoms with Crippen molar-refractivity contribution in [2.75, 3.05) is 38.8 Å². The summed E-state index contributed by atoms with van der Waals surface area (Å²) in [4.78, 5) is 63.5. The summed E-state index contributed by atoms with van der Waals surface area (Å²) in [5.41, 5.74) is 0.812. The predicted molar refractivity (Wildman–Crippen MR) is 216 cm³/mol. The van der Waals surface area contributed by atoms with E-state index in [-0.39, 0.29) is 51.4 Å². The molecule has 3 fully saturated rings. The summed E-state index contributed by atoms with van der Waals surface area (Å²) >= 11 is 19.0. The Morgan fingerprint density at radius 2 is 1.56 bits per heavy atom. The van der Waals surface area contributed by atoms with Gasteiger partial charge in [0.15, 0.2) is 5.82 Å². The van der Waals surface area contributed by atoms with Gasteiger partial charge in [0.05, 0.1) is 60.2 Å². The van der Waals surface area contributed by atoms with Crippen molar-refractivity contribution in [2.24, 2.45) is 23.7 Å². The average Bonchev–Trinajstić information content (AvgIpc) is 3.61. The number of fused-ring (bicyclic) bond motifs is 4. The number of alkyl halides is 3. The molecule has 3 aromatic carbocycles. The number of halogens is 6. The van der Waals surface area contributed by atoms with Gasteiger partial charge >= 0.3 is 6.18 Å². The number of aromatic nitrogens is 1. The van der Waals surface area contributed by atoms with Crippen LogP contribution in [-0.2, 0) is 30.8 Å². The Bertz CT molecular complexity index is 2540. The lowest BCUT2D eigenvalue weighted by Gasteiger charge is -2.50. The molecule has 4 aromatic rings. The third kappa shape index (κ3) is 6.49. The van der Waals surface area contributed by atoms with E-state index in [1.165, 1.54) is 58.7 Å². The molecule has 19 heteroatoms. The number of nitrogens with one attached hydrogen (secondary N) is 1. The van der Waals surface area contributed by atoms with Gasteiger partial charge in [-0.1, -0.05) is 58.6 Å². The molecule has 2 aliphatic carbocycles. The van der Waals surface area contributed by atoms with Crippen LogP contribution >= 0.6 is 34.8 Å². The molecule has 4 amide bonds. The Morgan fingerprint density at radius 3 is 2.20 bits per heavy atom. The predicted octanol–water partition coefficient (Wildman–Crippen LogP) is 7.83. The van der Waals surface area contributed by atoms with Gasteiger partial charge in [-0.2, -0.15) is 23.2 Å². The molecule has 0 bridgehead atoms. The zero-order chi connectivity index (χ0) is 43.9. The first-order valence-electron chi connectivity index (χ1n) is 18.7. The Labute approximate surface area is 361 Å². The number of amides is 4. The number of phenolic OH excluding ortho intramolecular Hbond substituents is 1. The Hall–Kier alpha value is -5.71. The molecule has 6 atom stereocenters. The molecule has 1 saturated carbocycles. The molecule has 2 aliphatic heterocycles. The number of hydrazine groups is 2. The minimum Gasteiger partial charge on any atom is -0.507 e. The highest BCUT2D eigenvalue weighted by atomic mass is 35.5. The normalized spacial score (nSPS) is 24.6. The van der Waals surface area contributed by atoms with Crippen LogP contribution in [0.1, 0.15) is 35.6 Å². The highest BCUT2D eigenvalue weighted by Crippen LogP contribution is 2.66. The van der Waals surface area contributed by atoms with E-state index >= 15 is 9.59 Å². The fourth-order valence-electron chi connectivity index (χ4n) is 9.51. The molecule has 3 heterocycles. The van der Waals surface area contributed by atoms with Crippen LogP contribution in [0.4, 0.5) is 24.7 Å². The van der Waals surface area contributed by atoms with Crippen LogP contribution < -0.4 is 24.6 Å². The van der Waals surface area contributed by atoms with Gasteiger partial charge in [-0.25, -0.2) is 4.98 Å². The number of nitrogens with zero attached hydrogens (tertiary/aromatic N) is 4. The second-order valence-corrected chi connectivity index (χ2v) is 16.2. The number of rotatable bonds is 9. The SMILES string of the molecule is COc1ccc([C@@]23C(=O)N(Nc4ccc(Cl)cc4Cl)C(=O)[C@@H]2C[C@@H]2C(=CC[C@@H]4C(=O)N(N(C)c5nc(C(F)(F)F)ccc5Cl)C(=O)[C@@H]42)[C@@H]3c2c(O)cc(OC)cc2OC)cc1. The van der Waals surface area contributed by atoms with E-state index < -0.39 is 76.3 Å². The number of benzene rings is 3. The highest BCUT2D eigenvalue weighted by molar-refractivity contribution is 6.36. The van der Waals surface area contributed by atoms with E-state index in [4.69, 9.17) is 49.0 Å². The lowest BCUT2D eigenvalue weighted by molar-refractivity contribution is -0.142. The molecular formula is C42H35Cl3F3N5O8. The van der Waals surface area contributed by atoms with E-state index in [1.807, 2.05) is 0 Å². The molecule has 2 saturated heterocycles. The summed E-state index contributed by atoms with van der Waals surface area (Å²) in [5, 5.41) is 14.6. The molecule has 2 N–H and O–H groups in total. The lowest BCUT2D eigenvalue weighted by Crippen LogP contribution is -2.53. The smallest absolute Gasteiger partial charge is 0.433 e. The van der Waals surface area contributed by atoms with Crippen molar-refractivity contribution in [1.82, 2.24) is 15.0 Å². The van der Waals surface area contributed by atoms with Gasteiger partial charge in [-0.15, -0.1) is 0 Å². The number of hydrogen-bond acceptors (Lipinski definition) is 11. The van der Waals surface area contributed by atoms with Crippen molar-refractivity contribution in [3.05, 3.63) is 110 Å². The van der Waals surface area contributed by atoms with Crippen LogP contribution in [0.2, 0.25) is 15.1 Å². The van der Waals surface area contributed by atoms with Crippen LogP contribution in [0.25, 0.3) is 0 Å². The fraction of sp³-hybridized carbons (Fsp3) is 0.310. The lowest BCUT2D eigenvalue weighted by atomic mass is 9.49. The van der Waals surface area contributed by atoms with E-state index in [9.17, 15) is 27.9 Å². The van der Waals surface area contributed by atoms with Gasteiger partial charge in [0.25, 0.3) is 23.6 Å². The van der Waals surface area contributed by atoms with Gasteiger partial charge < -0.3 is 19.3 Å². The summed E-state index contributed by atoms with van der Waals surface area (Å²) in [6.45, 7) is 0. The largest absolute Gasteiger partial charge is 0.507 e. The Morgan fingerprint density at radius 1 is 0.852 bits per heavy atom. The number of hydrogen-bond donors (Lipinski definition) is 2. The molecule has 1 aromatic heterocycles. The molecular weight excluding hydrogens is 866 g/mol. The molecule has 8 rings (SSSR count). The number of methoxy groups -OCH3 is 3. The maximum absolute atomic E-state index is 15.6. The molecule has 0 unspecified atom stereocenters. The van der Waals surface area contributed by atoms with Crippen molar-refractivity contribution < 1.29 is 51.7 Å². The molecule has 0 spiro atoms. The van der Waals surface area contributed by atoms with Gasteiger partial charge in [0.1, 0.15) is 28.7 Å². The number of anilines is 2. The van der Waals surface area contributed by atoms with Gasteiger partial charge in [-0.3, -0.25) is 29.6 Å². The van der Waals surface area contributed by atoms with E-state index in [0.717, 1.165) is 21.1 Å². The van der Waals surface area contributed by atoms with Crippen molar-refractivity contribution in [3.63, 3.8) is 0 Å². The van der Waals surface area contributed by atoms with Gasteiger partial charge in [0.2, 0.25) is 0 Å². The summed E-state index contributed by atoms with van der Waals surface area (Å²) in [5.74, 6) is -8.75. The standard InChI is InChI=1S/C42H35Cl3F3N5O8/c1-51(36-27(44)12-14-32(49-36)42(46,47)48)53-37(55)24-11-10-23-25(33(24)39(53)57)18-26-38(56)52(50-29-13-7-20(43)15-28(29)45)40(58)41(26,19-5-8-21(59-2)9-6-19)35(23)34-30(54)16-22(60-3)17-31(34)61-4/h5-10,12-17,24-26,33,35,50,54H,11,18H2,1-4H3/t24-,25+,26-,33-,35+,41+/m0/s1. The first-order chi connectivity index (χ1) is 29.0. The van der Waals surface area contributed by atoms with Crippen molar-refractivity contribution >= 4 is 69.9 Å². The zero-order valence-corrected chi connectivity index (χ0v) is 34.9. The van der Waals surface area contributed by atoms with Gasteiger partial charge in [0, 0.05) is 35.7 Å². The summed E-state index contributed by atoms with van der Waals surface area (Å²) in [6, 6.07) is 15.5. The minimum absolute atomic E-state index is 0.0568. The third-order valence-electron chi connectivity index (χ3n) is 12.1. The number of aromatic hydroxyl groups is 1. The number of imide groups is 2. The summed E-state index contributed by atoms with van der Waals surface area (Å²) in [7, 11) is 5.43. The molecule has 13 nitrogen and oxygen atoms in total. The number of phenols is 1. The van der Waals surface area contributed by atoms with Crippen LogP contribution in [0, 0.1) is 23.7 Å². The van der Waals surface area contributed by atoms with Crippen molar-refractivity contribution in [3.8, 4) is 23.0 Å². The first kappa shape index (κ1) is 42.0. The van der Waals surface area contributed by atoms with Gasteiger partial charge in [-0.05, 0) is 66.8 Å². The molecule has 4 aliphatic rings. The second kappa shape index (κ2) is 15.3. The van der Waals surface area contributed by atoms with Crippen LogP contribution in [0.15, 0.2) is 78.4 Å². The van der Waals surface area contributed by atoms with Crippen molar-refractivity contribution in [1.29, 1.82) is 0 Å². The van der Waals surface area contributed by atoms with Crippen molar-refractivity contribution in [2.45, 2.75) is 30.4 Å². The molecule has 0 radical (unpaired) electrons. The topological polar surface area (TPSA) is 151 Å². The van der Waals surface area contributed by atoms with Crippen LogP contribution in [0.5, 0.6) is 23.0 Å². The Balaban J connectivity index is 1.33. The highest BCUT2D eigenvalue weighted by Gasteiger charge is 2.71. The maximum atomic E-state index is 15.6.